The molecule has 3 nitrogen and oxygen atoms in total. The highest BCUT2D eigenvalue weighted by molar-refractivity contribution is 8.00. The molecule has 1 aromatic carbocycles. The third-order valence-electron chi connectivity index (χ3n) is 3.11. The lowest BCUT2D eigenvalue weighted by atomic mass is 10.0. The summed E-state index contributed by atoms with van der Waals surface area (Å²) in [5.74, 6) is 0.0475. The molecule has 0 saturated heterocycles. The summed E-state index contributed by atoms with van der Waals surface area (Å²) in [5.41, 5.74) is 0.699. The van der Waals surface area contributed by atoms with Gasteiger partial charge in [0, 0.05) is 10.4 Å². The van der Waals surface area contributed by atoms with Crippen molar-refractivity contribution in [3.8, 4) is 0 Å². The van der Waals surface area contributed by atoms with Crippen LogP contribution in [0, 0.1) is 0 Å². The lowest BCUT2D eigenvalue weighted by Crippen LogP contribution is -2.46. The van der Waals surface area contributed by atoms with Crippen molar-refractivity contribution in [2.24, 2.45) is 0 Å². The van der Waals surface area contributed by atoms with E-state index < -0.39 is 0 Å². The van der Waals surface area contributed by atoms with Crippen LogP contribution in [0.5, 0.6) is 0 Å². The number of hydrogen-bond donors (Lipinski definition) is 2. The fourth-order valence-electron chi connectivity index (χ4n) is 1.50. The van der Waals surface area contributed by atoms with Crippen molar-refractivity contribution in [1.82, 2.24) is 5.32 Å². The summed E-state index contributed by atoms with van der Waals surface area (Å²) >= 11 is 1.51. The van der Waals surface area contributed by atoms with Crippen LogP contribution in [0.2, 0.25) is 0 Å². The molecule has 1 amide bonds. The first kappa shape index (κ1) is 16.1. The van der Waals surface area contributed by atoms with Gasteiger partial charge in [0.05, 0.1) is 11.9 Å². The van der Waals surface area contributed by atoms with Gasteiger partial charge in [-0.05, 0) is 44.9 Å². The van der Waals surface area contributed by atoms with Gasteiger partial charge in [-0.15, -0.1) is 11.8 Å². The fourth-order valence-corrected chi connectivity index (χ4v) is 2.45. The van der Waals surface area contributed by atoms with Gasteiger partial charge in [-0.25, -0.2) is 0 Å². The van der Waals surface area contributed by atoms with E-state index in [2.05, 4.69) is 12.2 Å². The van der Waals surface area contributed by atoms with Gasteiger partial charge in [0.25, 0.3) is 0 Å². The zero-order valence-electron chi connectivity index (χ0n) is 12.1. The molecule has 0 bridgehead atoms. The predicted octanol–water partition coefficient (Wildman–Crippen LogP) is 2.96. The molecule has 1 rings (SSSR count). The van der Waals surface area contributed by atoms with Crippen molar-refractivity contribution in [2.75, 3.05) is 0 Å². The maximum Gasteiger partial charge on any atom is 0.233 e. The van der Waals surface area contributed by atoms with Crippen molar-refractivity contribution in [1.29, 1.82) is 0 Å². The SMILES string of the molecule is CCC(C)(C)NC(=O)C(C)Sc1cccc(CO)c1. The van der Waals surface area contributed by atoms with E-state index in [1.165, 1.54) is 11.8 Å². The minimum absolute atomic E-state index is 0.0256. The Hall–Kier alpha value is -1.00. The van der Waals surface area contributed by atoms with Crippen LogP contribution in [0.4, 0.5) is 0 Å². The summed E-state index contributed by atoms with van der Waals surface area (Å²) in [6, 6.07) is 7.64. The Bertz CT molecular complexity index is 432. The first-order valence-corrected chi connectivity index (χ1v) is 7.44. The van der Waals surface area contributed by atoms with Crippen LogP contribution in [0.25, 0.3) is 0 Å². The minimum Gasteiger partial charge on any atom is -0.392 e. The number of carbonyl (C=O) groups excluding carboxylic acids is 1. The quantitative estimate of drug-likeness (QED) is 0.788. The molecule has 4 heteroatoms. The topological polar surface area (TPSA) is 49.3 Å². The molecule has 0 saturated carbocycles. The predicted molar refractivity (Wildman–Crippen MR) is 80.2 cm³/mol. The van der Waals surface area contributed by atoms with Gasteiger partial charge < -0.3 is 10.4 Å². The van der Waals surface area contributed by atoms with Gasteiger partial charge in [-0.3, -0.25) is 4.79 Å². The van der Waals surface area contributed by atoms with Crippen LogP contribution >= 0.6 is 11.8 Å². The number of benzene rings is 1. The van der Waals surface area contributed by atoms with Crippen LogP contribution in [0.1, 0.15) is 39.7 Å². The molecule has 0 aliphatic carbocycles. The summed E-state index contributed by atoms with van der Waals surface area (Å²) in [6.45, 7) is 8.03. The van der Waals surface area contributed by atoms with E-state index in [-0.39, 0.29) is 23.3 Å². The van der Waals surface area contributed by atoms with E-state index in [1.54, 1.807) is 0 Å². The average molecular weight is 281 g/mol. The van der Waals surface area contributed by atoms with E-state index in [0.717, 1.165) is 16.9 Å². The maximum absolute atomic E-state index is 12.1. The molecule has 0 radical (unpaired) electrons. The molecule has 106 valence electrons. The summed E-state index contributed by atoms with van der Waals surface area (Å²) in [5, 5.41) is 12.0. The molecule has 0 heterocycles. The number of rotatable bonds is 6. The summed E-state index contributed by atoms with van der Waals surface area (Å²) < 4.78 is 0. The van der Waals surface area contributed by atoms with Gasteiger partial charge in [0.1, 0.15) is 0 Å². The smallest absolute Gasteiger partial charge is 0.233 e. The highest BCUT2D eigenvalue weighted by atomic mass is 32.2. The molecule has 1 unspecified atom stereocenters. The molecule has 1 atom stereocenters. The molecule has 0 fully saturated rings. The number of nitrogens with one attached hydrogen (secondary N) is 1. The van der Waals surface area contributed by atoms with E-state index in [1.807, 2.05) is 45.0 Å². The van der Waals surface area contributed by atoms with Crippen LogP contribution < -0.4 is 5.32 Å². The Morgan fingerprint density at radius 3 is 2.74 bits per heavy atom. The van der Waals surface area contributed by atoms with Gasteiger partial charge in [-0.1, -0.05) is 19.1 Å². The minimum atomic E-state index is -0.168. The second-order valence-corrected chi connectivity index (χ2v) is 6.71. The largest absolute Gasteiger partial charge is 0.392 e. The zero-order valence-corrected chi connectivity index (χ0v) is 12.9. The summed E-state index contributed by atoms with van der Waals surface area (Å²) in [6.07, 6.45) is 0.899. The second kappa shape index (κ2) is 6.96. The Morgan fingerprint density at radius 2 is 2.16 bits per heavy atom. The molecule has 2 N–H and O–H groups in total. The molecule has 0 aliphatic rings. The van der Waals surface area contributed by atoms with Crippen molar-refractivity contribution < 1.29 is 9.90 Å². The number of thioether (sulfide) groups is 1. The number of hydrogen-bond acceptors (Lipinski definition) is 3. The van der Waals surface area contributed by atoms with Crippen LogP contribution in [0.3, 0.4) is 0 Å². The highest BCUT2D eigenvalue weighted by Gasteiger charge is 2.22. The standard InChI is InChI=1S/C15H23NO2S/c1-5-15(3,4)16-14(18)11(2)19-13-8-6-7-12(9-13)10-17/h6-9,11,17H,5,10H2,1-4H3,(H,16,18). The third kappa shape index (κ3) is 5.25. The number of amides is 1. The van der Waals surface area contributed by atoms with Crippen LogP contribution in [-0.4, -0.2) is 21.8 Å². The van der Waals surface area contributed by atoms with E-state index in [9.17, 15) is 4.79 Å². The van der Waals surface area contributed by atoms with Gasteiger partial charge in [0.2, 0.25) is 5.91 Å². The summed E-state index contributed by atoms with van der Waals surface area (Å²) in [4.78, 5) is 13.1. The Balaban J connectivity index is 2.63. The first-order chi connectivity index (χ1) is 8.88. The molecular weight excluding hydrogens is 258 g/mol. The highest BCUT2D eigenvalue weighted by Crippen LogP contribution is 2.24. The molecular formula is C15H23NO2S. The number of carbonyl (C=O) groups is 1. The molecule has 19 heavy (non-hydrogen) atoms. The van der Waals surface area contributed by atoms with Crippen molar-refractivity contribution in [3.05, 3.63) is 29.8 Å². The molecule has 1 aromatic rings. The average Bonchev–Trinajstić information content (AvgIpc) is 2.38. The number of aliphatic hydroxyl groups excluding tert-OH is 1. The van der Waals surface area contributed by atoms with Crippen LogP contribution in [-0.2, 0) is 11.4 Å². The Kier molecular flexibility index (Phi) is 5.88. The molecule has 0 spiro atoms. The third-order valence-corrected chi connectivity index (χ3v) is 4.20. The van der Waals surface area contributed by atoms with Gasteiger partial charge >= 0.3 is 0 Å². The zero-order chi connectivity index (χ0) is 14.5. The van der Waals surface area contributed by atoms with Gasteiger partial charge in [-0.2, -0.15) is 0 Å². The van der Waals surface area contributed by atoms with Gasteiger partial charge in [0.15, 0.2) is 0 Å². The maximum atomic E-state index is 12.1. The van der Waals surface area contributed by atoms with Crippen molar-refractivity contribution in [2.45, 2.75) is 56.4 Å². The summed E-state index contributed by atoms with van der Waals surface area (Å²) in [7, 11) is 0. The Morgan fingerprint density at radius 1 is 1.47 bits per heavy atom. The van der Waals surface area contributed by atoms with Crippen molar-refractivity contribution >= 4 is 17.7 Å². The van der Waals surface area contributed by atoms with Crippen LogP contribution in [0.15, 0.2) is 29.2 Å². The molecule has 0 aromatic heterocycles. The second-order valence-electron chi connectivity index (χ2n) is 5.29. The first-order valence-electron chi connectivity index (χ1n) is 6.56. The number of aliphatic hydroxyl groups is 1. The van der Waals surface area contributed by atoms with Crippen molar-refractivity contribution in [3.63, 3.8) is 0 Å². The lowest BCUT2D eigenvalue weighted by Gasteiger charge is -2.26. The monoisotopic (exact) mass is 281 g/mol. The van der Waals surface area contributed by atoms with E-state index in [0.29, 0.717) is 0 Å². The van der Waals surface area contributed by atoms with E-state index >= 15 is 0 Å². The Labute approximate surface area is 119 Å². The molecule has 0 aliphatic heterocycles. The fraction of sp³-hybridized carbons (Fsp3) is 0.533. The van der Waals surface area contributed by atoms with E-state index in [4.69, 9.17) is 5.11 Å². The normalized spacial score (nSPS) is 13.1. The lowest BCUT2D eigenvalue weighted by molar-refractivity contribution is -0.121.